The number of likely N-dealkylation sites (tertiary alicyclic amines) is 1. The second-order valence-corrected chi connectivity index (χ2v) is 9.36. The maximum absolute atomic E-state index is 12.9. The summed E-state index contributed by atoms with van der Waals surface area (Å²) in [5.74, 6) is -0.0469. The Morgan fingerprint density at radius 3 is 2.16 bits per heavy atom. The molecule has 4 rings (SSSR count). The van der Waals surface area contributed by atoms with Gasteiger partial charge in [-0.1, -0.05) is 42.0 Å². The second kappa shape index (κ2) is 12.5. The molecule has 6 nitrogen and oxygen atoms in total. The van der Waals surface area contributed by atoms with E-state index in [0.29, 0.717) is 18.7 Å². The van der Waals surface area contributed by atoms with Crippen molar-refractivity contribution in [1.29, 1.82) is 0 Å². The molecule has 1 fully saturated rings. The fourth-order valence-corrected chi connectivity index (χ4v) is 4.97. The normalized spacial score (nSPS) is 13.8. The minimum absolute atomic E-state index is 0.0484. The van der Waals surface area contributed by atoms with Gasteiger partial charge in [-0.25, -0.2) is 0 Å². The number of piperidine rings is 1. The predicted molar refractivity (Wildman–Crippen MR) is 149 cm³/mol. The molecule has 0 radical (unpaired) electrons. The van der Waals surface area contributed by atoms with E-state index in [1.165, 1.54) is 12.5 Å². The fraction of sp³-hybridized carbons (Fsp3) is 0.323. The zero-order valence-corrected chi connectivity index (χ0v) is 22.0. The van der Waals surface area contributed by atoms with Crippen LogP contribution in [-0.4, -0.2) is 52.8 Å². The molecule has 0 atom stereocenters. The van der Waals surface area contributed by atoms with Crippen molar-refractivity contribution >= 4 is 23.1 Å². The minimum Gasteiger partial charge on any atom is -0.339 e. The number of carbonyl (C=O) groups is 2. The zero-order valence-electron chi connectivity index (χ0n) is 22.0. The highest BCUT2D eigenvalue weighted by Gasteiger charge is 2.22. The van der Waals surface area contributed by atoms with Crippen molar-refractivity contribution < 1.29 is 9.59 Å². The van der Waals surface area contributed by atoms with E-state index in [0.717, 1.165) is 60.6 Å². The number of carbonyl (C=O) groups excluding carboxylic acids is 2. The molecule has 2 aromatic carbocycles. The van der Waals surface area contributed by atoms with Gasteiger partial charge in [0.25, 0.3) is 5.91 Å². The van der Waals surface area contributed by atoms with E-state index in [1.807, 2.05) is 79.5 Å². The average molecular weight is 497 g/mol. The number of anilines is 1. The number of pyridine rings is 1. The predicted octanol–water partition coefficient (Wildman–Crippen LogP) is 5.62. The number of hydrogen-bond donors (Lipinski definition) is 1. The van der Waals surface area contributed by atoms with Gasteiger partial charge >= 0.3 is 0 Å². The highest BCUT2D eigenvalue weighted by atomic mass is 16.2. The van der Waals surface area contributed by atoms with Crippen LogP contribution in [-0.2, 0) is 11.3 Å². The van der Waals surface area contributed by atoms with Gasteiger partial charge in [-0.3, -0.25) is 19.5 Å². The number of para-hydroxylation sites is 1. The number of amides is 2. The van der Waals surface area contributed by atoms with Crippen LogP contribution in [0.5, 0.6) is 0 Å². The van der Waals surface area contributed by atoms with Crippen LogP contribution >= 0.6 is 0 Å². The van der Waals surface area contributed by atoms with Crippen molar-refractivity contribution in [3.05, 3.63) is 101 Å². The van der Waals surface area contributed by atoms with E-state index in [9.17, 15) is 9.59 Å². The molecule has 1 aliphatic rings. The number of aromatic nitrogens is 1. The maximum atomic E-state index is 12.9. The van der Waals surface area contributed by atoms with Gasteiger partial charge in [-0.15, -0.1) is 0 Å². The number of nitrogens with one attached hydrogen (secondary N) is 1. The fourth-order valence-electron chi connectivity index (χ4n) is 4.97. The van der Waals surface area contributed by atoms with Crippen LogP contribution in [0.25, 0.3) is 5.57 Å². The summed E-state index contributed by atoms with van der Waals surface area (Å²) in [4.78, 5) is 33.6. The van der Waals surface area contributed by atoms with E-state index >= 15 is 0 Å². The lowest BCUT2D eigenvalue weighted by atomic mass is 9.87. The van der Waals surface area contributed by atoms with Gasteiger partial charge in [0, 0.05) is 62.7 Å². The smallest absolute Gasteiger partial charge is 0.253 e. The summed E-state index contributed by atoms with van der Waals surface area (Å²) in [5.41, 5.74) is 7.14. The Bertz CT molecular complexity index is 1240. The molecule has 192 valence electrons. The highest BCUT2D eigenvalue weighted by Crippen LogP contribution is 2.36. The summed E-state index contributed by atoms with van der Waals surface area (Å²) in [5, 5.41) is 3.01. The molecule has 0 unspecified atom stereocenters. The Labute approximate surface area is 220 Å². The first-order chi connectivity index (χ1) is 18.0. The molecule has 6 heteroatoms. The summed E-state index contributed by atoms with van der Waals surface area (Å²) < 4.78 is 0. The molecular weight excluding hydrogens is 460 g/mol. The summed E-state index contributed by atoms with van der Waals surface area (Å²) in [7, 11) is 0. The lowest BCUT2D eigenvalue weighted by Gasteiger charge is -2.30. The molecule has 0 spiro atoms. The number of nitrogens with zero attached hydrogens (tertiary/aromatic N) is 3. The Morgan fingerprint density at radius 2 is 1.54 bits per heavy atom. The largest absolute Gasteiger partial charge is 0.339 e. The van der Waals surface area contributed by atoms with Crippen molar-refractivity contribution in [3.63, 3.8) is 0 Å². The van der Waals surface area contributed by atoms with Crippen LogP contribution in [0.1, 0.15) is 60.8 Å². The molecule has 0 saturated carbocycles. The Morgan fingerprint density at radius 1 is 0.892 bits per heavy atom. The van der Waals surface area contributed by atoms with Gasteiger partial charge in [0.2, 0.25) is 5.91 Å². The van der Waals surface area contributed by atoms with Crippen LogP contribution in [0.2, 0.25) is 0 Å². The molecule has 0 bridgehead atoms. The van der Waals surface area contributed by atoms with Crippen molar-refractivity contribution in [2.75, 3.05) is 31.5 Å². The number of rotatable bonds is 8. The molecule has 2 amide bonds. The summed E-state index contributed by atoms with van der Waals surface area (Å²) in [6.07, 6.45) is 3.70. The Hall–Kier alpha value is -3.77. The van der Waals surface area contributed by atoms with E-state index in [4.69, 9.17) is 0 Å². The molecule has 1 aromatic heterocycles. The third kappa shape index (κ3) is 6.52. The maximum Gasteiger partial charge on any atom is 0.253 e. The van der Waals surface area contributed by atoms with Crippen molar-refractivity contribution in [2.24, 2.45) is 0 Å². The van der Waals surface area contributed by atoms with Crippen LogP contribution in [0.4, 0.5) is 5.69 Å². The molecule has 2 heterocycles. The summed E-state index contributed by atoms with van der Waals surface area (Å²) in [6.45, 7) is 9.62. The molecule has 1 aliphatic heterocycles. The van der Waals surface area contributed by atoms with E-state index in [2.05, 4.69) is 27.3 Å². The summed E-state index contributed by atoms with van der Waals surface area (Å²) >= 11 is 0. The topological polar surface area (TPSA) is 65.5 Å². The monoisotopic (exact) mass is 496 g/mol. The third-order valence-electron chi connectivity index (χ3n) is 6.90. The average Bonchev–Trinajstić information content (AvgIpc) is 2.92. The van der Waals surface area contributed by atoms with E-state index < -0.39 is 0 Å². The SMILES string of the molecule is CCN(CC)C(=O)c1ccc(C(=C2CCN(Cc3ccccn3)CC2)c2ccccc2NC(C)=O)cc1. The quantitative estimate of drug-likeness (QED) is 0.440. The molecule has 3 aromatic rings. The van der Waals surface area contributed by atoms with Gasteiger partial charge in [-0.05, 0) is 68.2 Å². The Balaban J connectivity index is 1.68. The van der Waals surface area contributed by atoms with Crippen molar-refractivity contribution in [3.8, 4) is 0 Å². The number of hydrogen-bond acceptors (Lipinski definition) is 4. The van der Waals surface area contributed by atoms with Crippen molar-refractivity contribution in [1.82, 2.24) is 14.8 Å². The highest BCUT2D eigenvalue weighted by molar-refractivity contribution is 5.97. The molecular formula is C31H36N4O2. The molecule has 1 N–H and O–H groups in total. The lowest BCUT2D eigenvalue weighted by molar-refractivity contribution is -0.114. The second-order valence-electron chi connectivity index (χ2n) is 9.36. The van der Waals surface area contributed by atoms with E-state index in [1.54, 1.807) is 0 Å². The first kappa shape index (κ1) is 26.3. The van der Waals surface area contributed by atoms with E-state index in [-0.39, 0.29) is 11.8 Å². The van der Waals surface area contributed by atoms with Gasteiger partial charge in [-0.2, -0.15) is 0 Å². The van der Waals surface area contributed by atoms with Crippen LogP contribution in [0.15, 0.2) is 78.5 Å². The van der Waals surface area contributed by atoms with Gasteiger partial charge in [0.05, 0.1) is 5.69 Å². The number of benzene rings is 2. The Kier molecular flexibility index (Phi) is 8.86. The van der Waals surface area contributed by atoms with Gasteiger partial charge < -0.3 is 10.2 Å². The third-order valence-corrected chi connectivity index (χ3v) is 6.90. The van der Waals surface area contributed by atoms with Crippen LogP contribution in [0, 0.1) is 0 Å². The zero-order chi connectivity index (χ0) is 26.2. The first-order valence-corrected chi connectivity index (χ1v) is 13.1. The van der Waals surface area contributed by atoms with Gasteiger partial charge in [0.15, 0.2) is 0 Å². The lowest BCUT2D eigenvalue weighted by Crippen LogP contribution is -2.31. The first-order valence-electron chi connectivity index (χ1n) is 13.1. The summed E-state index contributed by atoms with van der Waals surface area (Å²) in [6, 6.07) is 22.0. The van der Waals surface area contributed by atoms with Crippen LogP contribution < -0.4 is 5.32 Å². The van der Waals surface area contributed by atoms with Gasteiger partial charge in [0.1, 0.15) is 0 Å². The molecule has 37 heavy (non-hydrogen) atoms. The van der Waals surface area contributed by atoms with Crippen LogP contribution in [0.3, 0.4) is 0 Å². The van der Waals surface area contributed by atoms with Crippen molar-refractivity contribution in [2.45, 2.75) is 40.2 Å². The molecule has 0 aliphatic carbocycles. The standard InChI is InChI=1S/C31H36N4O2/c1-4-35(5-2)31(37)26-15-13-24(14-16-26)30(28-11-6-7-12-29(28)33-23(3)36)25-17-20-34(21-18-25)22-27-10-8-9-19-32-27/h6-16,19H,4-5,17-18,20-22H2,1-3H3,(H,33,36). The minimum atomic E-state index is -0.0952. The molecule has 1 saturated heterocycles.